The second kappa shape index (κ2) is 6.00. The maximum atomic E-state index is 12.7. The van der Waals surface area contributed by atoms with Gasteiger partial charge in [-0.05, 0) is 73.8 Å². The van der Waals surface area contributed by atoms with Crippen LogP contribution in [0.3, 0.4) is 0 Å². The molecule has 0 atom stereocenters. The fourth-order valence-corrected chi connectivity index (χ4v) is 5.94. The third kappa shape index (κ3) is 3.10. The number of ether oxygens (including phenoxy) is 1. The van der Waals surface area contributed by atoms with Crippen LogP contribution in [-0.2, 0) is 4.79 Å². The number of carbonyl (C=O) groups excluding carboxylic acids is 1. The highest BCUT2D eigenvalue weighted by Gasteiger charge is 2.51. The summed E-state index contributed by atoms with van der Waals surface area (Å²) >= 11 is 0. The van der Waals surface area contributed by atoms with Crippen molar-refractivity contribution in [3.63, 3.8) is 0 Å². The first kappa shape index (κ1) is 16.4. The predicted octanol–water partition coefficient (Wildman–Crippen LogP) is 4.15. The maximum Gasteiger partial charge on any atom is 0.296 e. The van der Waals surface area contributed by atoms with Crippen LogP contribution in [0.5, 0.6) is 5.75 Å². The number of nitro benzene ring substituents is 1. The van der Waals surface area contributed by atoms with E-state index in [0.717, 1.165) is 37.0 Å². The molecule has 4 saturated carbocycles. The summed E-state index contributed by atoms with van der Waals surface area (Å²) < 4.78 is 5.04. The average molecular weight is 344 g/mol. The summed E-state index contributed by atoms with van der Waals surface area (Å²) in [7, 11) is 1.46. The van der Waals surface area contributed by atoms with Crippen molar-refractivity contribution in [3.05, 3.63) is 28.3 Å². The van der Waals surface area contributed by atoms with Gasteiger partial charge in [0.2, 0.25) is 5.91 Å². The molecule has 134 valence electrons. The van der Waals surface area contributed by atoms with E-state index in [9.17, 15) is 14.9 Å². The summed E-state index contributed by atoms with van der Waals surface area (Å²) in [4.78, 5) is 23.5. The van der Waals surface area contributed by atoms with Gasteiger partial charge in [-0.1, -0.05) is 0 Å². The van der Waals surface area contributed by atoms with Crippen LogP contribution in [0.25, 0.3) is 0 Å². The number of nitrogens with zero attached hydrogens (tertiary/aromatic N) is 1. The van der Waals surface area contributed by atoms with Gasteiger partial charge in [-0.25, -0.2) is 0 Å². The third-order valence-corrected chi connectivity index (χ3v) is 6.38. The Balaban J connectivity index is 1.49. The van der Waals surface area contributed by atoms with Crippen molar-refractivity contribution in [2.45, 2.75) is 44.9 Å². The number of anilines is 1. The molecule has 4 fully saturated rings. The molecule has 0 heterocycles. The monoisotopic (exact) mass is 344 g/mol. The summed E-state index contributed by atoms with van der Waals surface area (Å²) in [5, 5.41) is 14.1. The van der Waals surface area contributed by atoms with Crippen LogP contribution < -0.4 is 10.1 Å². The number of benzene rings is 1. The molecule has 0 radical (unpaired) electrons. The van der Waals surface area contributed by atoms with Crippen LogP contribution in [0.4, 0.5) is 11.4 Å². The molecule has 1 aromatic carbocycles. The van der Waals surface area contributed by atoms with Crippen molar-refractivity contribution < 1.29 is 14.5 Å². The molecule has 1 N–H and O–H groups in total. The van der Waals surface area contributed by atoms with Crippen molar-refractivity contribution in [1.29, 1.82) is 0 Å². The van der Waals surface area contributed by atoms with E-state index in [1.54, 1.807) is 12.1 Å². The second-order valence-electron chi connectivity index (χ2n) is 8.28. The van der Waals surface area contributed by atoms with Gasteiger partial charge >= 0.3 is 0 Å². The number of hydrogen-bond acceptors (Lipinski definition) is 4. The molecule has 25 heavy (non-hydrogen) atoms. The summed E-state index contributed by atoms with van der Waals surface area (Å²) in [6, 6.07) is 4.53. The largest absolute Gasteiger partial charge is 0.496 e. The molecule has 4 aliphatic carbocycles. The van der Waals surface area contributed by atoms with Gasteiger partial charge in [0.15, 0.2) is 0 Å². The lowest BCUT2D eigenvalue weighted by Crippen LogP contribution is -2.47. The topological polar surface area (TPSA) is 81.5 Å². The van der Waals surface area contributed by atoms with E-state index in [1.165, 1.54) is 32.4 Å². The standard InChI is InChI=1S/C19H24N2O4/c1-25-15-2-3-16(17(7-15)21(23)24)20-18(22)11-19-8-12-4-13(9-19)6-14(5-12)10-19/h2-3,7,12-14H,4-6,8-11H2,1H3,(H,20,22). The van der Waals surface area contributed by atoms with Gasteiger partial charge in [0.1, 0.15) is 11.4 Å². The lowest BCUT2D eigenvalue weighted by atomic mass is 9.49. The Hall–Kier alpha value is -2.11. The summed E-state index contributed by atoms with van der Waals surface area (Å²) in [6.07, 6.45) is 7.95. The Morgan fingerprint density at radius 3 is 2.36 bits per heavy atom. The minimum Gasteiger partial charge on any atom is -0.496 e. The van der Waals surface area contributed by atoms with E-state index in [0.29, 0.717) is 12.2 Å². The Labute approximate surface area is 147 Å². The Morgan fingerprint density at radius 2 is 1.84 bits per heavy atom. The van der Waals surface area contributed by atoms with E-state index in [4.69, 9.17) is 4.74 Å². The average Bonchev–Trinajstić information content (AvgIpc) is 2.53. The van der Waals surface area contributed by atoms with Gasteiger partial charge in [-0.15, -0.1) is 0 Å². The molecule has 0 spiro atoms. The van der Waals surface area contributed by atoms with E-state index in [1.807, 2.05) is 0 Å². The molecule has 0 unspecified atom stereocenters. The van der Waals surface area contributed by atoms with Crippen molar-refractivity contribution in [3.8, 4) is 5.75 Å². The highest BCUT2D eigenvalue weighted by molar-refractivity contribution is 5.93. The lowest BCUT2D eigenvalue weighted by molar-refractivity contribution is -0.384. The van der Waals surface area contributed by atoms with Gasteiger partial charge in [-0.3, -0.25) is 14.9 Å². The zero-order chi connectivity index (χ0) is 17.6. The van der Waals surface area contributed by atoms with Crippen LogP contribution in [-0.4, -0.2) is 17.9 Å². The highest BCUT2D eigenvalue weighted by atomic mass is 16.6. The predicted molar refractivity (Wildman–Crippen MR) is 93.5 cm³/mol. The number of nitro groups is 1. The first-order chi connectivity index (χ1) is 12.0. The Morgan fingerprint density at radius 1 is 1.24 bits per heavy atom. The SMILES string of the molecule is COc1ccc(NC(=O)CC23CC4CC(CC(C4)C2)C3)c([N+](=O)[O-])c1. The van der Waals surface area contributed by atoms with Gasteiger partial charge in [0.05, 0.1) is 18.1 Å². The molecule has 1 aromatic rings. The highest BCUT2D eigenvalue weighted by Crippen LogP contribution is 2.61. The van der Waals surface area contributed by atoms with E-state index in [-0.39, 0.29) is 22.7 Å². The first-order valence-electron chi connectivity index (χ1n) is 9.09. The molecule has 4 bridgehead atoms. The molecule has 0 saturated heterocycles. The fraction of sp³-hybridized carbons (Fsp3) is 0.632. The summed E-state index contributed by atoms with van der Waals surface area (Å²) in [5.74, 6) is 2.67. The third-order valence-electron chi connectivity index (χ3n) is 6.38. The minimum atomic E-state index is -0.483. The molecular weight excluding hydrogens is 320 g/mol. The van der Waals surface area contributed by atoms with Crippen molar-refractivity contribution in [2.75, 3.05) is 12.4 Å². The number of amides is 1. The van der Waals surface area contributed by atoms with Crippen molar-refractivity contribution in [2.24, 2.45) is 23.2 Å². The molecular formula is C19H24N2O4. The molecule has 1 amide bonds. The normalized spacial score (nSPS) is 32.4. The van der Waals surface area contributed by atoms with E-state index >= 15 is 0 Å². The molecule has 6 nitrogen and oxygen atoms in total. The smallest absolute Gasteiger partial charge is 0.296 e. The van der Waals surface area contributed by atoms with Gasteiger partial charge in [0.25, 0.3) is 5.69 Å². The van der Waals surface area contributed by atoms with Crippen LogP contribution in [0.15, 0.2) is 18.2 Å². The van der Waals surface area contributed by atoms with Gasteiger partial charge < -0.3 is 10.1 Å². The fourth-order valence-electron chi connectivity index (χ4n) is 5.94. The molecule has 0 aromatic heterocycles. The minimum absolute atomic E-state index is 0.102. The summed E-state index contributed by atoms with van der Waals surface area (Å²) in [5.41, 5.74) is 0.249. The number of carbonyl (C=O) groups is 1. The first-order valence-corrected chi connectivity index (χ1v) is 9.09. The zero-order valence-electron chi connectivity index (χ0n) is 14.5. The van der Waals surface area contributed by atoms with Gasteiger partial charge in [0, 0.05) is 6.42 Å². The number of nitrogens with one attached hydrogen (secondary N) is 1. The number of rotatable bonds is 5. The van der Waals surface area contributed by atoms with Crippen LogP contribution in [0.2, 0.25) is 0 Å². The molecule has 5 rings (SSSR count). The van der Waals surface area contributed by atoms with Crippen LogP contribution in [0.1, 0.15) is 44.9 Å². The zero-order valence-corrected chi connectivity index (χ0v) is 14.5. The maximum absolute atomic E-state index is 12.7. The Kier molecular flexibility index (Phi) is 3.93. The van der Waals surface area contributed by atoms with Crippen LogP contribution in [0, 0.1) is 33.3 Å². The summed E-state index contributed by atoms with van der Waals surface area (Å²) in [6.45, 7) is 0. The van der Waals surface area contributed by atoms with E-state index in [2.05, 4.69) is 5.32 Å². The van der Waals surface area contributed by atoms with Gasteiger partial charge in [-0.2, -0.15) is 0 Å². The number of hydrogen-bond donors (Lipinski definition) is 1. The second-order valence-corrected chi connectivity index (χ2v) is 8.28. The molecule has 0 aliphatic heterocycles. The Bertz CT molecular complexity index is 680. The quantitative estimate of drug-likeness (QED) is 0.642. The number of methoxy groups -OCH3 is 1. The lowest BCUT2D eigenvalue weighted by Gasteiger charge is -2.56. The van der Waals surface area contributed by atoms with Crippen molar-refractivity contribution in [1.82, 2.24) is 0 Å². The van der Waals surface area contributed by atoms with E-state index < -0.39 is 4.92 Å². The van der Waals surface area contributed by atoms with Crippen molar-refractivity contribution >= 4 is 17.3 Å². The van der Waals surface area contributed by atoms with Crippen LogP contribution >= 0.6 is 0 Å². The molecule has 6 heteroatoms. The molecule has 4 aliphatic rings.